The molecular weight excluding hydrogens is 256 g/mol. The van der Waals surface area contributed by atoms with Crippen LogP contribution >= 0.6 is 11.6 Å². The average Bonchev–Trinajstić information content (AvgIpc) is 3.21. The van der Waals surface area contributed by atoms with Gasteiger partial charge in [-0.15, -0.1) is 0 Å². The summed E-state index contributed by atoms with van der Waals surface area (Å²) >= 11 is 6.21. The molecule has 19 heavy (non-hydrogen) atoms. The van der Waals surface area contributed by atoms with E-state index in [0.717, 1.165) is 24.2 Å². The summed E-state index contributed by atoms with van der Waals surface area (Å²) in [5.41, 5.74) is 2.89. The fourth-order valence-corrected chi connectivity index (χ4v) is 3.54. The van der Waals surface area contributed by atoms with E-state index in [0.29, 0.717) is 5.92 Å². The molecule has 1 saturated carbocycles. The Morgan fingerprint density at radius 1 is 1.11 bits per heavy atom. The first-order chi connectivity index (χ1) is 9.33. The van der Waals surface area contributed by atoms with E-state index in [1.165, 1.54) is 42.1 Å². The van der Waals surface area contributed by atoms with Gasteiger partial charge in [0.15, 0.2) is 0 Å². The summed E-state index contributed by atoms with van der Waals surface area (Å²) in [5.74, 6) is 0.696. The standard InChI is InChI=1S/C16H19ClN2/c17-12-1-4-16-14(9-12)15(10-19(16)13-2-3-13)11-5-7-18-8-6-11/h1,4,9-11,13,18H,2-3,5-8H2. The van der Waals surface area contributed by atoms with E-state index in [9.17, 15) is 0 Å². The van der Waals surface area contributed by atoms with Crippen molar-refractivity contribution in [2.75, 3.05) is 13.1 Å². The Bertz CT molecular complexity index is 606. The zero-order valence-electron chi connectivity index (χ0n) is 11.0. The van der Waals surface area contributed by atoms with Crippen molar-refractivity contribution in [3.63, 3.8) is 0 Å². The van der Waals surface area contributed by atoms with Gasteiger partial charge in [0.05, 0.1) is 0 Å². The summed E-state index contributed by atoms with van der Waals surface area (Å²) in [7, 11) is 0. The molecule has 2 aromatic rings. The summed E-state index contributed by atoms with van der Waals surface area (Å²) in [6, 6.07) is 7.11. The van der Waals surface area contributed by atoms with Crippen LogP contribution in [0, 0.1) is 0 Å². The van der Waals surface area contributed by atoms with Crippen LogP contribution in [0.25, 0.3) is 10.9 Å². The fraction of sp³-hybridized carbons (Fsp3) is 0.500. The average molecular weight is 275 g/mol. The van der Waals surface area contributed by atoms with Gasteiger partial charge in [-0.05, 0) is 68.5 Å². The van der Waals surface area contributed by atoms with Crippen molar-refractivity contribution in [2.45, 2.75) is 37.6 Å². The van der Waals surface area contributed by atoms with E-state index in [2.05, 4.69) is 28.2 Å². The smallest absolute Gasteiger partial charge is 0.0486 e. The lowest BCUT2D eigenvalue weighted by Gasteiger charge is -2.22. The molecule has 3 heteroatoms. The number of rotatable bonds is 2. The van der Waals surface area contributed by atoms with Crippen LogP contribution in [0.4, 0.5) is 0 Å². The molecule has 100 valence electrons. The number of hydrogen-bond acceptors (Lipinski definition) is 1. The van der Waals surface area contributed by atoms with Gasteiger partial charge in [0.2, 0.25) is 0 Å². The number of halogens is 1. The summed E-state index contributed by atoms with van der Waals surface area (Å²) in [5, 5.41) is 5.69. The molecule has 1 aromatic heterocycles. The molecule has 1 aliphatic heterocycles. The highest BCUT2D eigenvalue weighted by Gasteiger charge is 2.28. The Morgan fingerprint density at radius 3 is 2.63 bits per heavy atom. The molecule has 2 heterocycles. The van der Waals surface area contributed by atoms with Gasteiger partial charge in [0.25, 0.3) is 0 Å². The molecule has 1 aliphatic carbocycles. The molecule has 1 aromatic carbocycles. The van der Waals surface area contributed by atoms with E-state index in [1.54, 1.807) is 0 Å². The second-order valence-electron chi connectivity index (χ2n) is 5.91. The molecule has 2 nitrogen and oxygen atoms in total. The Morgan fingerprint density at radius 2 is 1.89 bits per heavy atom. The Kier molecular flexibility index (Phi) is 2.82. The molecule has 4 rings (SSSR count). The molecule has 2 aliphatic rings. The first-order valence-electron chi connectivity index (χ1n) is 7.33. The number of hydrogen-bond donors (Lipinski definition) is 1. The van der Waals surface area contributed by atoms with E-state index < -0.39 is 0 Å². The summed E-state index contributed by atoms with van der Waals surface area (Å²) in [4.78, 5) is 0. The zero-order valence-corrected chi connectivity index (χ0v) is 11.8. The van der Waals surface area contributed by atoms with Crippen LogP contribution in [-0.2, 0) is 0 Å². The van der Waals surface area contributed by atoms with Gasteiger partial charge in [0, 0.05) is 28.2 Å². The molecular formula is C16H19ClN2. The molecule has 0 bridgehead atoms. The molecule has 0 amide bonds. The topological polar surface area (TPSA) is 17.0 Å². The third-order valence-electron chi connectivity index (χ3n) is 4.55. The number of benzene rings is 1. The van der Waals surface area contributed by atoms with E-state index in [-0.39, 0.29) is 0 Å². The Labute approximate surface area is 118 Å². The molecule has 2 fully saturated rings. The van der Waals surface area contributed by atoms with Crippen molar-refractivity contribution in [3.05, 3.63) is 35.0 Å². The maximum atomic E-state index is 6.21. The van der Waals surface area contributed by atoms with Crippen molar-refractivity contribution >= 4 is 22.5 Å². The van der Waals surface area contributed by atoms with Crippen LogP contribution in [0.1, 0.15) is 43.2 Å². The highest BCUT2D eigenvalue weighted by Crippen LogP contribution is 2.42. The van der Waals surface area contributed by atoms with Gasteiger partial charge in [-0.3, -0.25) is 0 Å². The van der Waals surface area contributed by atoms with Crippen LogP contribution in [-0.4, -0.2) is 17.7 Å². The fourth-order valence-electron chi connectivity index (χ4n) is 3.37. The molecule has 0 radical (unpaired) electrons. The summed E-state index contributed by atoms with van der Waals surface area (Å²) in [6.07, 6.45) is 7.57. The van der Waals surface area contributed by atoms with Crippen molar-refractivity contribution in [3.8, 4) is 0 Å². The predicted molar refractivity (Wildman–Crippen MR) is 80.1 cm³/mol. The first kappa shape index (κ1) is 11.8. The second-order valence-corrected chi connectivity index (χ2v) is 6.35. The normalized spacial score (nSPS) is 21.1. The van der Waals surface area contributed by atoms with Gasteiger partial charge in [-0.25, -0.2) is 0 Å². The largest absolute Gasteiger partial charge is 0.344 e. The number of aromatic nitrogens is 1. The predicted octanol–water partition coefficient (Wildman–Crippen LogP) is 4.10. The number of nitrogens with zero attached hydrogens (tertiary/aromatic N) is 1. The van der Waals surface area contributed by atoms with Crippen LogP contribution < -0.4 is 5.32 Å². The quantitative estimate of drug-likeness (QED) is 0.873. The minimum atomic E-state index is 0.696. The third kappa shape index (κ3) is 2.07. The van der Waals surface area contributed by atoms with E-state index in [1.807, 2.05) is 6.07 Å². The number of nitrogens with one attached hydrogen (secondary N) is 1. The zero-order chi connectivity index (χ0) is 12.8. The number of fused-ring (bicyclic) bond motifs is 1. The van der Waals surface area contributed by atoms with E-state index in [4.69, 9.17) is 11.6 Å². The molecule has 0 spiro atoms. The third-order valence-corrected chi connectivity index (χ3v) is 4.78. The van der Waals surface area contributed by atoms with Gasteiger partial charge in [0.1, 0.15) is 0 Å². The Balaban J connectivity index is 1.85. The van der Waals surface area contributed by atoms with Gasteiger partial charge in [-0.1, -0.05) is 11.6 Å². The lowest BCUT2D eigenvalue weighted by molar-refractivity contribution is 0.461. The van der Waals surface area contributed by atoms with Crippen molar-refractivity contribution in [2.24, 2.45) is 0 Å². The molecule has 0 unspecified atom stereocenters. The van der Waals surface area contributed by atoms with Crippen molar-refractivity contribution in [1.29, 1.82) is 0 Å². The maximum absolute atomic E-state index is 6.21. The monoisotopic (exact) mass is 274 g/mol. The SMILES string of the molecule is Clc1ccc2c(c1)c(C1CCNCC1)cn2C1CC1. The van der Waals surface area contributed by atoms with Crippen LogP contribution in [0.3, 0.4) is 0 Å². The summed E-state index contributed by atoms with van der Waals surface area (Å²) in [6.45, 7) is 2.28. The second kappa shape index (κ2) is 4.53. The van der Waals surface area contributed by atoms with Gasteiger partial charge < -0.3 is 9.88 Å². The molecule has 0 atom stereocenters. The highest BCUT2D eigenvalue weighted by atomic mass is 35.5. The van der Waals surface area contributed by atoms with Gasteiger partial charge in [-0.2, -0.15) is 0 Å². The van der Waals surface area contributed by atoms with E-state index >= 15 is 0 Å². The Hall–Kier alpha value is -0.990. The first-order valence-corrected chi connectivity index (χ1v) is 7.71. The summed E-state index contributed by atoms with van der Waals surface area (Å²) < 4.78 is 2.49. The molecule has 1 saturated heterocycles. The van der Waals surface area contributed by atoms with Crippen molar-refractivity contribution < 1.29 is 0 Å². The lowest BCUT2D eigenvalue weighted by atomic mass is 9.90. The minimum Gasteiger partial charge on any atom is -0.344 e. The van der Waals surface area contributed by atoms with Crippen LogP contribution in [0.15, 0.2) is 24.4 Å². The van der Waals surface area contributed by atoms with Crippen LogP contribution in [0.2, 0.25) is 5.02 Å². The number of piperidine rings is 1. The lowest BCUT2D eigenvalue weighted by Crippen LogP contribution is -2.26. The minimum absolute atomic E-state index is 0.696. The van der Waals surface area contributed by atoms with Crippen molar-refractivity contribution in [1.82, 2.24) is 9.88 Å². The highest BCUT2D eigenvalue weighted by molar-refractivity contribution is 6.31. The molecule has 1 N–H and O–H groups in total. The van der Waals surface area contributed by atoms with Gasteiger partial charge >= 0.3 is 0 Å². The van der Waals surface area contributed by atoms with Crippen LogP contribution in [0.5, 0.6) is 0 Å². The maximum Gasteiger partial charge on any atom is 0.0486 e.